The molecular weight excluding hydrogens is 315 g/mol. The molecule has 0 radical (unpaired) electrons. The summed E-state index contributed by atoms with van der Waals surface area (Å²) in [6, 6.07) is 5.49. The lowest BCUT2D eigenvalue weighted by Crippen LogP contribution is -2.41. The summed E-state index contributed by atoms with van der Waals surface area (Å²) >= 11 is 5.89. The molecule has 0 unspecified atom stereocenters. The Morgan fingerprint density at radius 1 is 1.22 bits per heavy atom. The second-order valence-electron chi connectivity index (χ2n) is 6.64. The molecule has 3 nitrogen and oxygen atoms in total. The molecule has 23 heavy (non-hydrogen) atoms. The second kappa shape index (κ2) is 7.63. The zero-order valence-electron chi connectivity index (χ0n) is 13.4. The van der Waals surface area contributed by atoms with Crippen molar-refractivity contribution in [3.63, 3.8) is 0 Å². The first kappa shape index (κ1) is 16.7. The molecule has 1 amide bonds. The highest BCUT2D eigenvalue weighted by Crippen LogP contribution is 2.24. The van der Waals surface area contributed by atoms with Crippen LogP contribution in [0.1, 0.15) is 44.1 Å². The molecule has 0 aromatic heterocycles. The maximum absolute atomic E-state index is 13.3. The van der Waals surface area contributed by atoms with Crippen LogP contribution in [0.4, 0.5) is 4.39 Å². The Labute approximate surface area is 142 Å². The highest BCUT2D eigenvalue weighted by molar-refractivity contribution is 6.30. The van der Waals surface area contributed by atoms with Crippen LogP contribution < -0.4 is 0 Å². The molecule has 2 heterocycles. The van der Waals surface area contributed by atoms with Gasteiger partial charge in [0.2, 0.25) is 5.91 Å². The Morgan fingerprint density at radius 3 is 2.83 bits per heavy atom. The smallest absolute Gasteiger partial charge is 0.222 e. The number of likely N-dealkylation sites (tertiary alicyclic amines) is 2. The van der Waals surface area contributed by atoms with Crippen molar-refractivity contribution in [3.05, 3.63) is 34.6 Å². The van der Waals surface area contributed by atoms with Crippen LogP contribution in [0, 0.1) is 5.82 Å². The summed E-state index contributed by atoms with van der Waals surface area (Å²) in [7, 11) is 0. The number of hydrogen-bond acceptors (Lipinski definition) is 2. The first-order valence-electron chi connectivity index (χ1n) is 8.59. The van der Waals surface area contributed by atoms with E-state index in [1.54, 1.807) is 6.07 Å². The molecule has 1 atom stereocenters. The van der Waals surface area contributed by atoms with Crippen molar-refractivity contribution in [3.8, 4) is 0 Å². The van der Waals surface area contributed by atoms with E-state index in [0.29, 0.717) is 18.4 Å². The summed E-state index contributed by atoms with van der Waals surface area (Å²) in [5.74, 6) is -0.0594. The summed E-state index contributed by atoms with van der Waals surface area (Å²) in [6.45, 7) is 3.65. The Balaban J connectivity index is 1.59. The molecule has 0 aliphatic carbocycles. The Hall–Kier alpha value is -1.13. The molecule has 0 N–H and O–H groups in total. The summed E-state index contributed by atoms with van der Waals surface area (Å²) in [5.41, 5.74) is 1.06. The van der Waals surface area contributed by atoms with Crippen molar-refractivity contribution in [2.75, 3.05) is 19.6 Å². The molecule has 1 aromatic carbocycles. The highest BCUT2D eigenvalue weighted by atomic mass is 35.5. The van der Waals surface area contributed by atoms with Crippen LogP contribution in [0.15, 0.2) is 18.2 Å². The van der Waals surface area contributed by atoms with Gasteiger partial charge in [0.25, 0.3) is 0 Å². The van der Waals surface area contributed by atoms with Crippen molar-refractivity contribution in [1.82, 2.24) is 9.80 Å². The minimum Gasteiger partial charge on any atom is -0.343 e. The maximum Gasteiger partial charge on any atom is 0.222 e. The van der Waals surface area contributed by atoms with E-state index >= 15 is 0 Å². The van der Waals surface area contributed by atoms with Gasteiger partial charge in [-0.05, 0) is 49.9 Å². The standard InChI is InChI=1S/C18H24ClFN2O/c19-16-12-14(6-7-17(16)20)13-22-9-2-1-4-15(22)8-11-21-10-3-5-18(21)23/h6-7,12,15H,1-5,8-11,13H2/t15-/m1/s1. The normalized spacial score (nSPS) is 22.8. The van der Waals surface area contributed by atoms with E-state index in [2.05, 4.69) is 4.90 Å². The molecule has 126 valence electrons. The van der Waals surface area contributed by atoms with Gasteiger partial charge in [0.1, 0.15) is 5.82 Å². The van der Waals surface area contributed by atoms with Crippen molar-refractivity contribution < 1.29 is 9.18 Å². The van der Waals surface area contributed by atoms with Crippen LogP contribution >= 0.6 is 11.6 Å². The Kier molecular flexibility index (Phi) is 5.54. The van der Waals surface area contributed by atoms with E-state index in [9.17, 15) is 9.18 Å². The number of halogens is 2. The monoisotopic (exact) mass is 338 g/mol. The molecule has 2 fully saturated rings. The van der Waals surface area contributed by atoms with Gasteiger partial charge in [-0.15, -0.1) is 0 Å². The van der Waals surface area contributed by atoms with Crippen molar-refractivity contribution in [2.45, 2.75) is 51.1 Å². The van der Waals surface area contributed by atoms with E-state index in [4.69, 9.17) is 11.6 Å². The summed E-state index contributed by atoms with van der Waals surface area (Å²) in [6.07, 6.45) is 6.37. The van der Waals surface area contributed by atoms with Crippen LogP contribution in [-0.4, -0.2) is 41.4 Å². The minimum atomic E-state index is -0.363. The zero-order valence-corrected chi connectivity index (χ0v) is 14.2. The lowest BCUT2D eigenvalue weighted by molar-refractivity contribution is -0.127. The number of nitrogens with zero attached hydrogens (tertiary/aromatic N) is 2. The third-order valence-electron chi connectivity index (χ3n) is 5.02. The number of carbonyl (C=O) groups excluding carboxylic acids is 1. The highest BCUT2D eigenvalue weighted by Gasteiger charge is 2.25. The SMILES string of the molecule is O=C1CCCN1CC[C@H]1CCCCN1Cc1ccc(F)c(Cl)c1. The summed E-state index contributed by atoms with van der Waals surface area (Å²) in [5, 5.41) is 0.193. The third-order valence-corrected chi connectivity index (χ3v) is 5.31. The van der Waals surface area contributed by atoms with Gasteiger partial charge in [-0.2, -0.15) is 0 Å². The molecule has 3 rings (SSSR count). The van der Waals surface area contributed by atoms with Gasteiger partial charge >= 0.3 is 0 Å². The van der Waals surface area contributed by atoms with Crippen molar-refractivity contribution >= 4 is 17.5 Å². The fourth-order valence-corrected chi connectivity index (χ4v) is 3.92. The van der Waals surface area contributed by atoms with Gasteiger partial charge < -0.3 is 4.90 Å². The van der Waals surface area contributed by atoms with E-state index in [-0.39, 0.29) is 10.8 Å². The van der Waals surface area contributed by atoms with Gasteiger partial charge in [-0.1, -0.05) is 24.1 Å². The minimum absolute atomic E-state index is 0.193. The maximum atomic E-state index is 13.3. The average molecular weight is 339 g/mol. The number of piperidine rings is 1. The predicted molar refractivity (Wildman–Crippen MR) is 89.9 cm³/mol. The second-order valence-corrected chi connectivity index (χ2v) is 7.05. The number of rotatable bonds is 5. The quantitative estimate of drug-likeness (QED) is 0.814. The van der Waals surface area contributed by atoms with E-state index < -0.39 is 0 Å². The van der Waals surface area contributed by atoms with Crippen LogP contribution in [0.25, 0.3) is 0 Å². The molecule has 2 aliphatic rings. The summed E-state index contributed by atoms with van der Waals surface area (Å²) in [4.78, 5) is 16.2. The van der Waals surface area contributed by atoms with E-state index in [1.165, 1.54) is 25.3 Å². The topological polar surface area (TPSA) is 23.6 Å². The van der Waals surface area contributed by atoms with E-state index in [0.717, 1.165) is 44.6 Å². The number of carbonyl (C=O) groups is 1. The van der Waals surface area contributed by atoms with Gasteiger partial charge in [-0.3, -0.25) is 9.69 Å². The Bertz CT molecular complexity index is 566. The lowest BCUT2D eigenvalue weighted by atomic mass is 9.98. The van der Waals surface area contributed by atoms with Crippen molar-refractivity contribution in [1.29, 1.82) is 0 Å². The number of benzene rings is 1. The molecule has 2 aliphatic heterocycles. The first-order valence-corrected chi connectivity index (χ1v) is 8.97. The third kappa shape index (κ3) is 4.24. The van der Waals surface area contributed by atoms with Crippen LogP contribution in [0.5, 0.6) is 0 Å². The predicted octanol–water partition coefficient (Wildman–Crippen LogP) is 3.85. The lowest BCUT2D eigenvalue weighted by Gasteiger charge is -2.36. The molecule has 0 bridgehead atoms. The molecule has 2 saturated heterocycles. The summed E-state index contributed by atoms with van der Waals surface area (Å²) < 4.78 is 13.3. The van der Waals surface area contributed by atoms with Crippen molar-refractivity contribution in [2.24, 2.45) is 0 Å². The number of amides is 1. The van der Waals surface area contributed by atoms with Gasteiger partial charge in [0.05, 0.1) is 5.02 Å². The van der Waals surface area contributed by atoms with Gasteiger partial charge in [-0.25, -0.2) is 4.39 Å². The molecule has 1 aromatic rings. The van der Waals surface area contributed by atoms with Gasteiger partial charge in [0.15, 0.2) is 0 Å². The molecule has 5 heteroatoms. The fraction of sp³-hybridized carbons (Fsp3) is 0.611. The van der Waals surface area contributed by atoms with Crippen LogP contribution in [0.3, 0.4) is 0 Å². The molecule has 0 saturated carbocycles. The zero-order chi connectivity index (χ0) is 16.2. The van der Waals surface area contributed by atoms with E-state index in [1.807, 2.05) is 11.0 Å². The van der Waals surface area contributed by atoms with Crippen LogP contribution in [0.2, 0.25) is 5.02 Å². The number of hydrogen-bond donors (Lipinski definition) is 0. The van der Waals surface area contributed by atoms with Gasteiger partial charge in [0, 0.05) is 32.1 Å². The largest absolute Gasteiger partial charge is 0.343 e. The first-order chi connectivity index (χ1) is 11.1. The molecular formula is C18H24ClFN2O. The molecule has 0 spiro atoms. The van der Waals surface area contributed by atoms with Crippen LogP contribution in [-0.2, 0) is 11.3 Å². The Morgan fingerprint density at radius 2 is 2.09 bits per heavy atom. The average Bonchev–Trinajstić information content (AvgIpc) is 2.95. The fourth-order valence-electron chi connectivity index (χ4n) is 3.71.